The molecule has 0 heterocycles. The fourth-order valence-electron chi connectivity index (χ4n) is 3.82. The minimum absolute atomic E-state index is 0.967. The van der Waals surface area contributed by atoms with Gasteiger partial charge in [0.15, 0.2) is 0 Å². The minimum atomic E-state index is -0.967. The normalized spacial score (nSPS) is 11.1. The van der Waals surface area contributed by atoms with Crippen molar-refractivity contribution in [1.82, 2.24) is 0 Å². The Morgan fingerprint density at radius 2 is 0.462 bits per heavy atom. The van der Waals surface area contributed by atoms with Gasteiger partial charge in [-0.1, -0.05) is 0 Å². The molecule has 0 aromatic rings. The summed E-state index contributed by atoms with van der Waals surface area (Å²) in [6.45, 7) is 14.0. The maximum atomic E-state index is 2.34. The quantitative estimate of drug-likeness (QED) is 0.142. The molecule has 160 valence electrons. The van der Waals surface area contributed by atoms with Crippen LogP contribution in [0.5, 0.6) is 0 Å². The molecule has 0 aliphatic rings. The summed E-state index contributed by atoms with van der Waals surface area (Å²) in [5, 5.41) is 0. The van der Waals surface area contributed by atoms with Crippen molar-refractivity contribution in [2.45, 2.75) is 145 Å². The molecule has 0 fully saturated rings. The van der Waals surface area contributed by atoms with Gasteiger partial charge in [-0.15, -0.1) is 0 Å². The number of hydrogen-bond acceptors (Lipinski definition) is 0. The van der Waals surface area contributed by atoms with E-state index in [1.807, 2.05) is 0 Å². The summed E-state index contributed by atoms with van der Waals surface area (Å²) in [5.41, 5.74) is 0. The van der Waals surface area contributed by atoms with Gasteiger partial charge in [-0.2, -0.15) is 0 Å². The first kappa shape index (κ1) is 29.8. The molecule has 0 aromatic carbocycles. The molecule has 0 N–H and O–H groups in total. The molecule has 0 aromatic heterocycles. The molecule has 2 heteroatoms. The van der Waals surface area contributed by atoms with E-state index in [1.165, 1.54) is 77.0 Å². The van der Waals surface area contributed by atoms with Gasteiger partial charge in [0.2, 0.25) is 0 Å². The fraction of sp³-hybridized carbons (Fsp3) is 1.00. The third kappa shape index (κ3) is 23.6. The number of hydrogen-bond donors (Lipinski definition) is 0. The van der Waals surface area contributed by atoms with Crippen molar-refractivity contribution in [3.05, 3.63) is 0 Å². The van der Waals surface area contributed by atoms with E-state index in [4.69, 9.17) is 0 Å². The van der Waals surface area contributed by atoms with Crippen LogP contribution in [-0.2, 0) is 0 Å². The Morgan fingerprint density at radius 1 is 0.308 bits per heavy atom. The SMILES string of the molecule is CCC[CH2][SnH]([CH2]CCC)[CH2]CCC.CCC[CH2][SnH]([CH2]CCC)[CH2]CCC. The topological polar surface area (TPSA) is 0 Å². The first-order valence-corrected chi connectivity index (χ1v) is 26.7. The van der Waals surface area contributed by atoms with Crippen LogP contribution in [0.2, 0.25) is 26.6 Å². The first-order valence-electron chi connectivity index (χ1n) is 12.7. The van der Waals surface area contributed by atoms with Crippen LogP contribution in [0, 0.1) is 0 Å². The zero-order valence-corrected chi connectivity index (χ0v) is 26.5. The van der Waals surface area contributed by atoms with Crippen LogP contribution >= 0.6 is 0 Å². The Bertz CT molecular complexity index is 168. The van der Waals surface area contributed by atoms with E-state index in [-0.39, 0.29) is 0 Å². The predicted molar refractivity (Wildman–Crippen MR) is 133 cm³/mol. The molecule has 26 heavy (non-hydrogen) atoms. The van der Waals surface area contributed by atoms with Crippen LogP contribution < -0.4 is 0 Å². The van der Waals surface area contributed by atoms with Gasteiger partial charge in [0, 0.05) is 0 Å². The molecule has 0 aliphatic heterocycles. The average Bonchev–Trinajstić information content (AvgIpc) is 2.67. The standard InChI is InChI=1S/6C4H9.2Sn.2H/c6*1-3-4-2;;;;/h6*1,3-4H2,2H3;;;;. The van der Waals surface area contributed by atoms with E-state index in [2.05, 4.69) is 41.5 Å². The van der Waals surface area contributed by atoms with Crippen molar-refractivity contribution in [3.8, 4) is 0 Å². The molecule has 0 spiro atoms. The summed E-state index contributed by atoms with van der Waals surface area (Å²) in [4.78, 5) is 0. The Hall–Kier alpha value is 1.60. The first-order chi connectivity index (χ1) is 12.7. The summed E-state index contributed by atoms with van der Waals surface area (Å²) >= 11 is -1.93. The zero-order valence-electron chi connectivity index (χ0n) is 19.9. The van der Waals surface area contributed by atoms with Crippen LogP contribution in [0.3, 0.4) is 0 Å². The summed E-state index contributed by atoms with van der Waals surface area (Å²) < 4.78 is 10.2. The average molecular weight is 582 g/mol. The Morgan fingerprint density at radius 3 is 0.577 bits per heavy atom. The molecule has 0 bridgehead atoms. The van der Waals surface area contributed by atoms with Crippen molar-refractivity contribution in [2.24, 2.45) is 0 Å². The third-order valence-corrected chi connectivity index (χ3v) is 26.8. The number of unbranched alkanes of at least 4 members (excludes halogenated alkanes) is 6. The molecule has 0 amide bonds. The Labute approximate surface area is 183 Å². The second kappa shape index (κ2) is 26.6. The van der Waals surface area contributed by atoms with Crippen molar-refractivity contribution < 1.29 is 0 Å². The maximum absolute atomic E-state index is 2.34. The Balaban J connectivity index is 0. The molecule has 0 radical (unpaired) electrons. The van der Waals surface area contributed by atoms with Crippen molar-refractivity contribution >= 4 is 39.5 Å². The van der Waals surface area contributed by atoms with Gasteiger partial charge < -0.3 is 0 Å². The van der Waals surface area contributed by atoms with Gasteiger partial charge in [-0.25, -0.2) is 0 Å². The molecule has 0 saturated heterocycles. The van der Waals surface area contributed by atoms with Gasteiger partial charge in [0.05, 0.1) is 0 Å². The monoisotopic (exact) mass is 584 g/mol. The molecule has 0 saturated carbocycles. The second-order valence-electron chi connectivity index (χ2n) is 8.59. The van der Waals surface area contributed by atoms with Crippen LogP contribution in [0.25, 0.3) is 0 Å². The molecule has 0 atom stereocenters. The fourth-order valence-corrected chi connectivity index (χ4v) is 25.6. The van der Waals surface area contributed by atoms with E-state index >= 15 is 0 Å². The Kier molecular flexibility index (Phi) is 30.5. The summed E-state index contributed by atoms with van der Waals surface area (Å²) in [7, 11) is 0. The van der Waals surface area contributed by atoms with Crippen LogP contribution in [0.15, 0.2) is 0 Å². The van der Waals surface area contributed by atoms with Crippen LogP contribution in [-0.4, -0.2) is 39.5 Å². The second-order valence-corrected chi connectivity index (χ2v) is 28.4. The summed E-state index contributed by atoms with van der Waals surface area (Å²) in [6.07, 6.45) is 17.7. The van der Waals surface area contributed by atoms with Gasteiger partial charge in [0.25, 0.3) is 0 Å². The molecular formula is C24H56Sn2. The van der Waals surface area contributed by atoms with E-state index < -0.39 is 39.5 Å². The van der Waals surface area contributed by atoms with Gasteiger partial charge in [0.1, 0.15) is 0 Å². The molecule has 0 aliphatic carbocycles. The van der Waals surface area contributed by atoms with Crippen molar-refractivity contribution in [3.63, 3.8) is 0 Å². The van der Waals surface area contributed by atoms with E-state index in [0.717, 1.165) is 0 Å². The molecular weight excluding hydrogens is 526 g/mol. The van der Waals surface area contributed by atoms with Gasteiger partial charge >= 0.3 is 185 Å². The molecule has 0 nitrogen and oxygen atoms in total. The van der Waals surface area contributed by atoms with E-state index in [9.17, 15) is 0 Å². The molecule has 0 unspecified atom stereocenters. The third-order valence-electron chi connectivity index (χ3n) is 5.80. The van der Waals surface area contributed by atoms with E-state index in [0.29, 0.717) is 0 Å². The summed E-state index contributed by atoms with van der Waals surface area (Å²) in [5.74, 6) is 0. The summed E-state index contributed by atoms with van der Waals surface area (Å²) in [6, 6.07) is 0. The zero-order chi connectivity index (χ0) is 19.9. The van der Waals surface area contributed by atoms with Crippen LogP contribution in [0.1, 0.15) is 119 Å². The van der Waals surface area contributed by atoms with Gasteiger partial charge in [-0.3, -0.25) is 0 Å². The van der Waals surface area contributed by atoms with Crippen LogP contribution in [0.4, 0.5) is 0 Å². The van der Waals surface area contributed by atoms with Gasteiger partial charge in [-0.05, 0) is 0 Å². The number of rotatable bonds is 18. The van der Waals surface area contributed by atoms with E-state index in [1.54, 1.807) is 26.6 Å². The van der Waals surface area contributed by atoms with Crippen molar-refractivity contribution in [2.75, 3.05) is 0 Å². The van der Waals surface area contributed by atoms with Crippen molar-refractivity contribution in [1.29, 1.82) is 0 Å². The predicted octanol–water partition coefficient (Wildman–Crippen LogP) is 9.23. The molecule has 0 rings (SSSR count).